The third kappa shape index (κ3) is 4.49. The number of ether oxygens (including phenoxy) is 1. The van der Waals surface area contributed by atoms with Gasteiger partial charge in [-0.1, -0.05) is 34.6 Å². The van der Waals surface area contributed by atoms with Crippen LogP contribution in [0.5, 0.6) is 0 Å². The fraction of sp³-hybridized carbons (Fsp3) is 0.812. The van der Waals surface area contributed by atoms with Crippen LogP contribution < -0.4 is 5.32 Å². The topological polar surface area (TPSA) is 37.4 Å². The lowest BCUT2D eigenvalue weighted by molar-refractivity contribution is -0.0283. The van der Waals surface area contributed by atoms with Crippen molar-refractivity contribution in [1.82, 2.24) is 15.2 Å². The summed E-state index contributed by atoms with van der Waals surface area (Å²) < 4.78 is 5.96. The zero-order valence-corrected chi connectivity index (χ0v) is 14.8. The van der Waals surface area contributed by atoms with E-state index in [0.29, 0.717) is 12.0 Å². The number of rotatable bonds is 6. The summed E-state index contributed by atoms with van der Waals surface area (Å²) in [6, 6.07) is 0.497. The van der Waals surface area contributed by atoms with Gasteiger partial charge in [0.2, 0.25) is 0 Å². The Bertz CT molecular complexity index is 445. The minimum absolute atomic E-state index is 0.147. The maximum atomic E-state index is 5.96. The van der Waals surface area contributed by atoms with Crippen LogP contribution in [0.15, 0.2) is 0 Å². The summed E-state index contributed by atoms with van der Waals surface area (Å²) in [5, 5.41) is 4.66. The van der Waals surface area contributed by atoms with Crippen LogP contribution >= 0.6 is 11.3 Å². The third-order valence-corrected chi connectivity index (χ3v) is 5.00. The van der Waals surface area contributed by atoms with Crippen molar-refractivity contribution < 1.29 is 4.74 Å². The zero-order chi connectivity index (χ0) is 15.4. The van der Waals surface area contributed by atoms with E-state index >= 15 is 0 Å². The Kier molecular flexibility index (Phi) is 6.17. The predicted octanol–water partition coefficient (Wildman–Crippen LogP) is 3.16. The first kappa shape index (κ1) is 16.9. The van der Waals surface area contributed by atoms with Crippen LogP contribution in [-0.2, 0) is 11.3 Å². The lowest BCUT2D eigenvalue weighted by atomic mass is 10.1. The number of aromatic nitrogens is 1. The molecule has 0 saturated carbocycles. The van der Waals surface area contributed by atoms with Gasteiger partial charge in [0.25, 0.3) is 0 Å². The van der Waals surface area contributed by atoms with Crippen LogP contribution in [0.25, 0.3) is 0 Å². The van der Waals surface area contributed by atoms with E-state index in [4.69, 9.17) is 9.72 Å². The van der Waals surface area contributed by atoms with Gasteiger partial charge >= 0.3 is 0 Å². The number of likely N-dealkylation sites (N-methyl/N-ethyl adjacent to an activating group) is 1. The molecule has 5 heteroatoms. The van der Waals surface area contributed by atoms with Gasteiger partial charge in [-0.3, -0.25) is 4.90 Å². The molecule has 0 amide bonds. The van der Waals surface area contributed by atoms with Crippen LogP contribution in [0, 0.1) is 0 Å². The molecule has 2 rings (SSSR count). The first-order chi connectivity index (χ1) is 10.0. The molecular weight excluding hydrogens is 282 g/mol. The summed E-state index contributed by atoms with van der Waals surface area (Å²) >= 11 is 1.82. The molecule has 1 fully saturated rings. The van der Waals surface area contributed by atoms with Gasteiger partial charge in [0.1, 0.15) is 11.1 Å². The van der Waals surface area contributed by atoms with Gasteiger partial charge in [-0.2, -0.15) is 0 Å². The van der Waals surface area contributed by atoms with Crippen molar-refractivity contribution in [2.24, 2.45) is 0 Å². The van der Waals surface area contributed by atoms with E-state index in [1.54, 1.807) is 0 Å². The minimum Gasteiger partial charge on any atom is -0.368 e. The van der Waals surface area contributed by atoms with Gasteiger partial charge < -0.3 is 10.1 Å². The number of morpholine rings is 1. The Balaban J connectivity index is 2.14. The first-order valence-corrected chi connectivity index (χ1v) is 8.89. The Labute approximate surface area is 132 Å². The Hall–Kier alpha value is -0.490. The molecule has 1 saturated heterocycles. The molecule has 1 aliphatic rings. The van der Waals surface area contributed by atoms with Crippen molar-refractivity contribution in [3.8, 4) is 0 Å². The summed E-state index contributed by atoms with van der Waals surface area (Å²) in [6.07, 6.45) is 0.147. The van der Waals surface area contributed by atoms with Crippen LogP contribution in [0.4, 0.5) is 0 Å². The fourth-order valence-corrected chi connectivity index (χ4v) is 3.75. The SMILES string of the molecule is CCN1CCOC(c2nc(C(C)C)c(CNC(C)C)s2)C1. The fourth-order valence-electron chi connectivity index (χ4n) is 2.53. The normalized spacial score (nSPS) is 20.6. The molecule has 0 radical (unpaired) electrons. The molecule has 1 aromatic heterocycles. The van der Waals surface area contributed by atoms with Gasteiger partial charge in [-0.05, 0) is 12.5 Å². The van der Waals surface area contributed by atoms with E-state index in [1.807, 2.05) is 11.3 Å². The Morgan fingerprint density at radius 3 is 2.76 bits per heavy atom. The monoisotopic (exact) mass is 311 g/mol. The molecule has 1 unspecified atom stereocenters. The van der Waals surface area contributed by atoms with Crippen molar-refractivity contribution in [3.63, 3.8) is 0 Å². The van der Waals surface area contributed by atoms with E-state index in [1.165, 1.54) is 10.6 Å². The smallest absolute Gasteiger partial charge is 0.123 e. The molecule has 1 aliphatic heterocycles. The van der Waals surface area contributed by atoms with Gasteiger partial charge in [0.15, 0.2) is 0 Å². The highest BCUT2D eigenvalue weighted by Crippen LogP contribution is 2.31. The number of hydrogen-bond donors (Lipinski definition) is 1. The molecule has 1 N–H and O–H groups in total. The molecule has 0 bridgehead atoms. The van der Waals surface area contributed by atoms with Crippen molar-refractivity contribution in [2.75, 3.05) is 26.2 Å². The molecule has 0 spiro atoms. The highest BCUT2D eigenvalue weighted by Gasteiger charge is 2.26. The predicted molar refractivity (Wildman–Crippen MR) is 89.0 cm³/mol. The number of nitrogens with zero attached hydrogens (tertiary/aromatic N) is 2. The Morgan fingerprint density at radius 2 is 2.14 bits per heavy atom. The van der Waals surface area contributed by atoms with Gasteiger partial charge in [0, 0.05) is 30.6 Å². The van der Waals surface area contributed by atoms with Crippen LogP contribution in [0.2, 0.25) is 0 Å². The summed E-state index contributed by atoms with van der Waals surface area (Å²) in [6.45, 7) is 15.8. The molecule has 120 valence electrons. The second-order valence-electron chi connectivity index (χ2n) is 6.30. The molecule has 0 aliphatic carbocycles. The maximum absolute atomic E-state index is 5.96. The quantitative estimate of drug-likeness (QED) is 0.876. The number of hydrogen-bond acceptors (Lipinski definition) is 5. The maximum Gasteiger partial charge on any atom is 0.123 e. The van der Waals surface area contributed by atoms with Crippen molar-refractivity contribution in [2.45, 2.75) is 59.2 Å². The zero-order valence-electron chi connectivity index (χ0n) is 14.0. The van der Waals surface area contributed by atoms with E-state index in [2.05, 4.69) is 44.8 Å². The van der Waals surface area contributed by atoms with Crippen LogP contribution in [0.1, 0.15) is 62.2 Å². The average Bonchev–Trinajstić information content (AvgIpc) is 2.89. The number of thiazole rings is 1. The largest absolute Gasteiger partial charge is 0.368 e. The summed E-state index contributed by atoms with van der Waals surface area (Å²) in [4.78, 5) is 8.71. The molecule has 2 heterocycles. The van der Waals surface area contributed by atoms with Crippen LogP contribution in [0.3, 0.4) is 0 Å². The lowest BCUT2D eigenvalue weighted by Gasteiger charge is -2.30. The standard InChI is InChI=1S/C16H29N3OS/c1-6-19-7-8-20-13(10-19)16-18-15(11(2)3)14(21-16)9-17-12(4)5/h11-13,17H,6-10H2,1-5H3. The third-order valence-electron chi connectivity index (χ3n) is 3.84. The van der Waals surface area contributed by atoms with Crippen LogP contribution in [-0.4, -0.2) is 42.2 Å². The average molecular weight is 311 g/mol. The van der Waals surface area contributed by atoms with E-state index in [-0.39, 0.29) is 6.10 Å². The second kappa shape index (κ2) is 7.68. The highest BCUT2D eigenvalue weighted by molar-refractivity contribution is 7.11. The lowest BCUT2D eigenvalue weighted by Crippen LogP contribution is -2.38. The molecule has 4 nitrogen and oxygen atoms in total. The number of nitrogens with one attached hydrogen (secondary N) is 1. The van der Waals surface area contributed by atoms with E-state index in [9.17, 15) is 0 Å². The summed E-state index contributed by atoms with van der Waals surface area (Å²) in [5.41, 5.74) is 1.24. The molecule has 0 aromatic carbocycles. The summed E-state index contributed by atoms with van der Waals surface area (Å²) in [7, 11) is 0. The van der Waals surface area contributed by atoms with Gasteiger partial charge in [-0.15, -0.1) is 11.3 Å². The Morgan fingerprint density at radius 1 is 1.38 bits per heavy atom. The highest BCUT2D eigenvalue weighted by atomic mass is 32.1. The summed E-state index contributed by atoms with van der Waals surface area (Å²) in [5.74, 6) is 0.463. The van der Waals surface area contributed by atoms with Gasteiger partial charge in [0.05, 0.1) is 12.3 Å². The molecule has 1 atom stereocenters. The molecule has 1 aromatic rings. The van der Waals surface area contributed by atoms with Crippen molar-refractivity contribution in [1.29, 1.82) is 0 Å². The molecular formula is C16H29N3OS. The second-order valence-corrected chi connectivity index (χ2v) is 7.42. The van der Waals surface area contributed by atoms with E-state index in [0.717, 1.165) is 37.8 Å². The first-order valence-electron chi connectivity index (χ1n) is 8.08. The van der Waals surface area contributed by atoms with Gasteiger partial charge in [-0.25, -0.2) is 4.98 Å². The van der Waals surface area contributed by atoms with Crippen molar-refractivity contribution >= 4 is 11.3 Å². The van der Waals surface area contributed by atoms with Crippen molar-refractivity contribution in [3.05, 3.63) is 15.6 Å². The van der Waals surface area contributed by atoms with E-state index < -0.39 is 0 Å². The molecule has 21 heavy (non-hydrogen) atoms. The minimum atomic E-state index is 0.147.